The first-order chi connectivity index (χ1) is 29.6. The maximum Gasteiger partial charge on any atom is 0.306 e. The van der Waals surface area contributed by atoms with Crippen molar-refractivity contribution in [3.63, 3.8) is 0 Å². The quantitative estimate of drug-likeness (QED) is 0.0260. The molecule has 0 rings (SSSR count). The van der Waals surface area contributed by atoms with E-state index in [9.17, 15) is 19.5 Å². The molecule has 0 amide bonds. The van der Waals surface area contributed by atoms with Crippen LogP contribution in [0.2, 0.25) is 0 Å². The third kappa shape index (κ3) is 42.9. The highest BCUT2D eigenvalue weighted by Crippen LogP contribution is 2.16. The number of esters is 2. The largest absolute Gasteiger partial charge is 0.544 e. The van der Waals surface area contributed by atoms with Crippen LogP contribution in [0, 0.1) is 0 Å². The molecule has 0 heterocycles. The van der Waals surface area contributed by atoms with Gasteiger partial charge in [-0.15, -0.1) is 0 Å². The van der Waals surface area contributed by atoms with E-state index in [4.69, 9.17) is 14.2 Å². The Morgan fingerprint density at radius 3 is 1.28 bits per heavy atom. The van der Waals surface area contributed by atoms with E-state index in [-0.39, 0.29) is 42.7 Å². The molecule has 0 aliphatic rings. The highest BCUT2D eigenvalue weighted by molar-refractivity contribution is 5.70. The highest BCUT2D eigenvalue weighted by atomic mass is 16.6. The molecule has 358 valence electrons. The number of allylic oxidation sites excluding steroid dienone is 4. The van der Waals surface area contributed by atoms with Crippen LogP contribution in [0.5, 0.6) is 0 Å². The van der Waals surface area contributed by atoms with Crippen LogP contribution in [0.15, 0.2) is 24.3 Å². The summed E-state index contributed by atoms with van der Waals surface area (Å²) in [4.78, 5) is 37.0. The Morgan fingerprint density at radius 2 is 0.869 bits per heavy atom. The average Bonchev–Trinajstić information content (AvgIpc) is 3.22. The first-order valence-electron chi connectivity index (χ1n) is 25.9. The number of quaternary nitrogens is 1. The minimum atomic E-state index is -1.12. The molecule has 0 aromatic heterocycles. The van der Waals surface area contributed by atoms with Crippen LogP contribution in [0.25, 0.3) is 0 Å². The van der Waals surface area contributed by atoms with Gasteiger partial charge >= 0.3 is 11.9 Å². The number of hydrogen-bond donors (Lipinski definition) is 0. The molecular weight excluding hydrogens is 763 g/mol. The Balaban J connectivity index is 4.23. The molecule has 0 bridgehead atoms. The zero-order valence-corrected chi connectivity index (χ0v) is 40.8. The van der Waals surface area contributed by atoms with Gasteiger partial charge in [0.2, 0.25) is 0 Å². The van der Waals surface area contributed by atoms with Crippen molar-refractivity contribution in [1.29, 1.82) is 0 Å². The van der Waals surface area contributed by atoms with Crippen molar-refractivity contribution in [2.24, 2.45) is 0 Å². The van der Waals surface area contributed by atoms with Gasteiger partial charge in [0.15, 0.2) is 6.10 Å². The van der Waals surface area contributed by atoms with Crippen LogP contribution < -0.4 is 5.11 Å². The molecule has 8 heteroatoms. The van der Waals surface area contributed by atoms with Gasteiger partial charge in [-0.05, 0) is 44.9 Å². The topological polar surface area (TPSA) is 102 Å². The Bertz CT molecular complexity index is 1050. The summed E-state index contributed by atoms with van der Waals surface area (Å²) in [6.07, 6.45) is 50.6. The lowest BCUT2D eigenvalue weighted by atomic mass is 10.0. The zero-order chi connectivity index (χ0) is 44.9. The predicted octanol–water partition coefficient (Wildman–Crippen LogP) is 13.5. The van der Waals surface area contributed by atoms with E-state index < -0.39 is 18.1 Å². The number of unbranched alkanes of at least 4 members (excludes halogenated alkanes) is 29. The normalized spacial score (nSPS) is 13.0. The summed E-state index contributed by atoms with van der Waals surface area (Å²) in [6, 6.07) is -0.725. The monoisotopic (exact) mass is 862 g/mol. The van der Waals surface area contributed by atoms with Gasteiger partial charge < -0.3 is 28.6 Å². The molecule has 0 saturated heterocycles. The molecule has 0 N–H and O–H groups in total. The SMILES string of the molecule is CCCCCC/C=C\C/C=C\CCCCCCCCCC(=O)OC(COCCC(C(=O)[O-])[N+](C)(C)C)COC(=O)CCCCCCCCCCCCCCCCCCCCC. The standard InChI is InChI=1S/C53H99NO7/c1-6-8-10-12-14-16-18-20-22-24-26-28-29-31-33-35-37-39-41-43-51(55)60-48-49(47-59-46-45-50(53(57)58)54(3,4)5)61-52(56)44-42-40-38-36-34-32-30-27-25-23-21-19-17-15-13-11-9-7-2/h17,19,23,25,49-50H,6-16,18,20-22,24,26-48H2,1-5H3/b19-17-,25-23-. The molecule has 0 spiro atoms. The number of rotatable bonds is 47. The fourth-order valence-electron chi connectivity index (χ4n) is 7.81. The van der Waals surface area contributed by atoms with Gasteiger partial charge in [0, 0.05) is 19.3 Å². The minimum Gasteiger partial charge on any atom is -0.544 e. The summed E-state index contributed by atoms with van der Waals surface area (Å²) in [6.45, 7) is 4.68. The number of nitrogens with zero attached hydrogens (tertiary/aromatic N) is 1. The van der Waals surface area contributed by atoms with Crippen molar-refractivity contribution in [2.45, 2.75) is 257 Å². The van der Waals surface area contributed by atoms with Crippen molar-refractivity contribution < 1.29 is 38.2 Å². The fourth-order valence-corrected chi connectivity index (χ4v) is 7.81. The van der Waals surface area contributed by atoms with Gasteiger partial charge in [-0.25, -0.2) is 0 Å². The molecule has 2 atom stereocenters. The van der Waals surface area contributed by atoms with E-state index in [2.05, 4.69) is 38.2 Å². The van der Waals surface area contributed by atoms with Crippen LogP contribution in [-0.4, -0.2) is 75.5 Å². The van der Waals surface area contributed by atoms with Gasteiger partial charge in [0.1, 0.15) is 12.6 Å². The molecule has 2 unspecified atom stereocenters. The van der Waals surface area contributed by atoms with E-state index in [0.717, 1.165) is 51.4 Å². The van der Waals surface area contributed by atoms with Gasteiger partial charge in [0.05, 0.1) is 40.3 Å². The molecule has 8 nitrogen and oxygen atoms in total. The number of carbonyl (C=O) groups is 3. The maximum atomic E-state index is 12.8. The van der Waals surface area contributed by atoms with Gasteiger partial charge in [-0.1, -0.05) is 205 Å². The third-order valence-electron chi connectivity index (χ3n) is 11.8. The molecule has 0 saturated carbocycles. The van der Waals surface area contributed by atoms with E-state index in [1.54, 1.807) is 21.1 Å². The molecule has 0 fully saturated rings. The van der Waals surface area contributed by atoms with E-state index in [0.29, 0.717) is 12.8 Å². The lowest BCUT2D eigenvalue weighted by Gasteiger charge is -2.34. The van der Waals surface area contributed by atoms with Gasteiger partial charge in [-0.3, -0.25) is 9.59 Å². The number of carboxylic acids is 1. The van der Waals surface area contributed by atoms with E-state index in [1.165, 1.54) is 161 Å². The number of ether oxygens (including phenoxy) is 3. The first-order valence-corrected chi connectivity index (χ1v) is 25.9. The van der Waals surface area contributed by atoms with Crippen molar-refractivity contribution >= 4 is 17.9 Å². The van der Waals surface area contributed by atoms with Gasteiger partial charge in [0.25, 0.3) is 0 Å². The second-order valence-electron chi connectivity index (χ2n) is 18.8. The van der Waals surface area contributed by atoms with Crippen LogP contribution in [0.3, 0.4) is 0 Å². The number of carbonyl (C=O) groups excluding carboxylic acids is 3. The van der Waals surface area contributed by atoms with E-state index >= 15 is 0 Å². The Morgan fingerprint density at radius 1 is 0.492 bits per heavy atom. The Labute approximate surface area is 377 Å². The number of likely N-dealkylation sites (N-methyl/N-ethyl adjacent to an activating group) is 1. The number of aliphatic carboxylic acids is 1. The summed E-state index contributed by atoms with van der Waals surface area (Å²) in [5.74, 6) is -1.73. The van der Waals surface area contributed by atoms with E-state index in [1.807, 2.05) is 0 Å². The third-order valence-corrected chi connectivity index (χ3v) is 11.8. The Hall–Kier alpha value is -2.19. The average molecular weight is 862 g/mol. The molecular formula is C53H99NO7. The summed E-state index contributed by atoms with van der Waals surface area (Å²) in [7, 11) is 5.42. The van der Waals surface area contributed by atoms with Crippen LogP contribution in [0.1, 0.15) is 245 Å². The maximum absolute atomic E-state index is 12.8. The van der Waals surface area contributed by atoms with Crippen LogP contribution in [-0.2, 0) is 28.6 Å². The summed E-state index contributed by atoms with van der Waals surface area (Å²) >= 11 is 0. The molecule has 0 radical (unpaired) electrons. The highest BCUT2D eigenvalue weighted by Gasteiger charge is 2.25. The van der Waals surface area contributed by atoms with Crippen LogP contribution in [0.4, 0.5) is 0 Å². The van der Waals surface area contributed by atoms with Crippen molar-refractivity contribution in [3.8, 4) is 0 Å². The second-order valence-corrected chi connectivity index (χ2v) is 18.8. The number of hydrogen-bond acceptors (Lipinski definition) is 7. The van der Waals surface area contributed by atoms with Crippen molar-refractivity contribution in [1.82, 2.24) is 0 Å². The zero-order valence-electron chi connectivity index (χ0n) is 40.8. The lowest BCUT2D eigenvalue weighted by molar-refractivity contribution is -0.889. The second kappa shape index (κ2) is 44.4. The molecule has 0 aromatic carbocycles. The van der Waals surface area contributed by atoms with Crippen LogP contribution >= 0.6 is 0 Å². The number of carboxylic acid groups (broad SMARTS) is 1. The lowest BCUT2D eigenvalue weighted by Crippen LogP contribution is -2.55. The molecule has 61 heavy (non-hydrogen) atoms. The molecule has 0 aliphatic carbocycles. The smallest absolute Gasteiger partial charge is 0.306 e. The fraction of sp³-hybridized carbons (Fsp3) is 0.868. The van der Waals surface area contributed by atoms with Crippen molar-refractivity contribution in [3.05, 3.63) is 24.3 Å². The first kappa shape index (κ1) is 58.8. The van der Waals surface area contributed by atoms with Gasteiger partial charge in [-0.2, -0.15) is 0 Å². The summed E-state index contributed by atoms with van der Waals surface area (Å²) in [5, 5.41) is 11.7. The summed E-state index contributed by atoms with van der Waals surface area (Å²) < 4.78 is 17.3. The van der Waals surface area contributed by atoms with Crippen molar-refractivity contribution in [2.75, 3.05) is 41.0 Å². The minimum absolute atomic E-state index is 0.0419. The predicted molar refractivity (Wildman–Crippen MR) is 254 cm³/mol. The molecule has 0 aromatic rings. The molecule has 0 aliphatic heterocycles. The Kier molecular flexibility index (Phi) is 42.8. The summed E-state index contributed by atoms with van der Waals surface area (Å²) in [5.41, 5.74) is 0.